The molecule has 32 heavy (non-hydrogen) atoms. The Labute approximate surface area is 186 Å². The molecule has 9 heteroatoms. The molecule has 0 radical (unpaired) electrons. The Bertz CT molecular complexity index is 858. The Hall–Kier alpha value is -2.55. The highest BCUT2D eigenvalue weighted by molar-refractivity contribution is 5.29. The first-order chi connectivity index (χ1) is 15.2. The molecule has 1 aliphatic heterocycles. The van der Waals surface area contributed by atoms with Crippen LogP contribution in [0.1, 0.15) is 65.0 Å². The third kappa shape index (κ3) is 8.90. The minimum absolute atomic E-state index is 0.0694. The zero-order valence-corrected chi connectivity index (χ0v) is 19.6. The van der Waals surface area contributed by atoms with Gasteiger partial charge >= 0.3 is 6.61 Å². The average molecular weight is 464 g/mol. The fourth-order valence-electron chi connectivity index (χ4n) is 2.78. The van der Waals surface area contributed by atoms with E-state index in [2.05, 4.69) is 14.5 Å². The molecule has 0 spiro atoms. The van der Waals surface area contributed by atoms with E-state index in [-0.39, 0.29) is 23.7 Å². The summed E-state index contributed by atoms with van der Waals surface area (Å²) in [6.45, 7) is 8.48. The number of methoxy groups -OCH3 is 1. The minimum atomic E-state index is -3.00. The summed E-state index contributed by atoms with van der Waals surface area (Å²) in [5.41, 5.74) is 0.356. The van der Waals surface area contributed by atoms with Crippen molar-refractivity contribution in [2.24, 2.45) is 0 Å². The topological polar surface area (TPSA) is 60.5 Å². The number of alkyl halides is 2. The molecular weight excluding hydrogens is 430 g/mol. The molecule has 0 aliphatic carbocycles. The summed E-state index contributed by atoms with van der Waals surface area (Å²) in [5.74, 6) is -2.23. The monoisotopic (exact) mass is 463 g/mol. The Balaban J connectivity index is 0.000000582. The first-order valence-corrected chi connectivity index (χ1v) is 10.5. The molecule has 0 saturated carbocycles. The summed E-state index contributed by atoms with van der Waals surface area (Å²) in [6.07, 6.45) is 1.70. The molecule has 3 rings (SSSR count). The number of benzene rings is 1. The molecule has 5 nitrogen and oxygen atoms in total. The van der Waals surface area contributed by atoms with Crippen molar-refractivity contribution in [3.8, 4) is 11.5 Å². The van der Waals surface area contributed by atoms with Crippen LogP contribution in [0.15, 0.2) is 29.1 Å². The quantitative estimate of drug-likeness (QED) is 0.522. The number of hydrogen-bond donors (Lipinski definition) is 1. The average Bonchev–Trinajstić information content (AvgIpc) is 3.22. The fraction of sp³-hybridized carbons (Fsp3) is 0.522. The van der Waals surface area contributed by atoms with Crippen LogP contribution in [0.5, 0.6) is 11.5 Å². The number of nitrogens with one attached hydrogen (secondary N) is 1. The molecule has 0 bridgehead atoms. The molecule has 2 atom stereocenters. The zero-order chi connectivity index (χ0) is 24.8. The normalized spacial score (nSPS) is 16.6. The van der Waals surface area contributed by atoms with Crippen LogP contribution >= 0.6 is 0 Å². The van der Waals surface area contributed by atoms with Crippen molar-refractivity contribution in [3.05, 3.63) is 57.5 Å². The SMILES string of the molecule is CC.CC.COc1cccc(F)c1F.Cc1[nH]c([C@H]2CCC(C)O2)cc(=O)c1OC(F)F. The molecule has 0 amide bonds. The van der Waals surface area contributed by atoms with Gasteiger partial charge in [0.15, 0.2) is 17.3 Å². The molecule has 1 N–H and O–H groups in total. The van der Waals surface area contributed by atoms with Gasteiger partial charge in [-0.25, -0.2) is 4.39 Å². The van der Waals surface area contributed by atoms with E-state index >= 15 is 0 Å². The van der Waals surface area contributed by atoms with Crippen LogP contribution in [0.25, 0.3) is 0 Å². The second-order valence-electron chi connectivity index (χ2n) is 6.19. The number of rotatable bonds is 4. The fourth-order valence-corrected chi connectivity index (χ4v) is 2.78. The Kier molecular flexibility index (Phi) is 14.1. The maximum Gasteiger partial charge on any atom is 0.387 e. The van der Waals surface area contributed by atoms with E-state index in [0.717, 1.165) is 18.9 Å². The van der Waals surface area contributed by atoms with Crippen LogP contribution in [0, 0.1) is 18.6 Å². The maximum atomic E-state index is 12.5. The van der Waals surface area contributed by atoms with Gasteiger partial charge in [-0.3, -0.25) is 4.79 Å². The van der Waals surface area contributed by atoms with Gasteiger partial charge in [-0.2, -0.15) is 13.2 Å². The summed E-state index contributed by atoms with van der Waals surface area (Å²) in [6, 6.07) is 5.06. The molecule has 182 valence electrons. The van der Waals surface area contributed by atoms with Crippen molar-refractivity contribution in [1.29, 1.82) is 0 Å². The maximum absolute atomic E-state index is 12.5. The van der Waals surface area contributed by atoms with Crippen molar-refractivity contribution in [2.45, 2.75) is 73.2 Å². The predicted octanol–water partition coefficient (Wildman–Crippen LogP) is 6.55. The van der Waals surface area contributed by atoms with Gasteiger partial charge in [-0.1, -0.05) is 33.8 Å². The van der Waals surface area contributed by atoms with E-state index < -0.39 is 23.7 Å². The van der Waals surface area contributed by atoms with Crippen LogP contribution in [0.3, 0.4) is 0 Å². The van der Waals surface area contributed by atoms with Gasteiger partial charge in [-0.15, -0.1) is 0 Å². The van der Waals surface area contributed by atoms with Crippen molar-refractivity contribution < 1.29 is 31.8 Å². The summed E-state index contributed by atoms with van der Waals surface area (Å²) in [5, 5.41) is 0. The number of aryl methyl sites for hydroxylation is 1. The largest absolute Gasteiger partial charge is 0.494 e. The van der Waals surface area contributed by atoms with E-state index in [1.54, 1.807) is 0 Å². The summed E-state index contributed by atoms with van der Waals surface area (Å²) >= 11 is 0. The van der Waals surface area contributed by atoms with Gasteiger partial charge in [0.2, 0.25) is 11.2 Å². The second-order valence-corrected chi connectivity index (χ2v) is 6.19. The number of aromatic nitrogens is 1. The molecule has 1 fully saturated rings. The van der Waals surface area contributed by atoms with Crippen molar-refractivity contribution in [2.75, 3.05) is 7.11 Å². The second kappa shape index (κ2) is 15.3. The first kappa shape index (κ1) is 29.5. The summed E-state index contributed by atoms with van der Waals surface area (Å²) in [4.78, 5) is 14.6. The number of hydrogen-bond acceptors (Lipinski definition) is 4. The first-order valence-electron chi connectivity index (χ1n) is 10.5. The van der Waals surface area contributed by atoms with Gasteiger partial charge in [0.25, 0.3) is 0 Å². The van der Waals surface area contributed by atoms with Crippen molar-refractivity contribution >= 4 is 0 Å². The third-order valence-corrected chi connectivity index (χ3v) is 4.10. The van der Waals surface area contributed by atoms with Gasteiger partial charge in [0.05, 0.1) is 25.0 Å². The number of H-pyrrole nitrogens is 1. The highest BCUT2D eigenvalue weighted by Gasteiger charge is 2.25. The van der Waals surface area contributed by atoms with Gasteiger partial charge in [-0.05, 0) is 38.8 Å². The lowest BCUT2D eigenvalue weighted by Crippen LogP contribution is -2.16. The van der Waals surface area contributed by atoms with Gasteiger partial charge in [0, 0.05) is 11.8 Å². The molecule has 2 heterocycles. The molecule has 1 unspecified atom stereocenters. The molecular formula is C23H33F4NO4. The van der Waals surface area contributed by atoms with E-state index in [9.17, 15) is 22.4 Å². The molecule has 1 saturated heterocycles. The Morgan fingerprint density at radius 2 is 1.75 bits per heavy atom. The van der Waals surface area contributed by atoms with Crippen LogP contribution in [0.4, 0.5) is 17.6 Å². The van der Waals surface area contributed by atoms with E-state index in [0.29, 0.717) is 11.4 Å². The highest BCUT2D eigenvalue weighted by Crippen LogP contribution is 2.31. The van der Waals surface area contributed by atoms with Crippen molar-refractivity contribution in [1.82, 2.24) is 4.98 Å². The summed E-state index contributed by atoms with van der Waals surface area (Å²) < 4.78 is 63.4. The number of aromatic amines is 1. The van der Waals surface area contributed by atoms with Crippen LogP contribution in [-0.4, -0.2) is 24.8 Å². The lowest BCUT2D eigenvalue weighted by Gasteiger charge is -2.14. The minimum Gasteiger partial charge on any atom is -0.494 e. The van der Waals surface area contributed by atoms with Crippen LogP contribution < -0.4 is 14.9 Å². The molecule has 1 aliphatic rings. The molecule has 2 aromatic rings. The van der Waals surface area contributed by atoms with E-state index in [1.165, 1.54) is 32.2 Å². The Morgan fingerprint density at radius 3 is 2.19 bits per heavy atom. The van der Waals surface area contributed by atoms with Crippen LogP contribution in [0.2, 0.25) is 0 Å². The lowest BCUT2D eigenvalue weighted by atomic mass is 10.1. The molecule has 1 aromatic heterocycles. The lowest BCUT2D eigenvalue weighted by molar-refractivity contribution is -0.0513. The standard InChI is InChI=1S/C12H15F2NO3.C7H6F2O.2C2H6/c1-6-3-4-10(17-6)8-5-9(16)11(7(2)15-8)18-12(13)14;1-10-6-4-2-3-5(8)7(6)9;2*1-2/h5-6,10,12H,3-4H2,1-2H3,(H,15,16);2-4H,1H3;2*1-2H3/t6?,10-;;;/m1.../s1. The number of ether oxygens (including phenoxy) is 3. The number of halogens is 4. The smallest absolute Gasteiger partial charge is 0.387 e. The van der Waals surface area contributed by atoms with E-state index in [4.69, 9.17) is 4.74 Å². The molecule has 1 aromatic carbocycles. The van der Waals surface area contributed by atoms with Gasteiger partial charge < -0.3 is 19.2 Å². The van der Waals surface area contributed by atoms with Crippen molar-refractivity contribution in [3.63, 3.8) is 0 Å². The van der Waals surface area contributed by atoms with Gasteiger partial charge in [0.1, 0.15) is 0 Å². The highest BCUT2D eigenvalue weighted by atomic mass is 19.3. The summed E-state index contributed by atoms with van der Waals surface area (Å²) in [7, 11) is 1.29. The predicted molar refractivity (Wildman–Crippen MR) is 117 cm³/mol. The third-order valence-electron chi connectivity index (χ3n) is 4.10. The number of pyridine rings is 1. The van der Waals surface area contributed by atoms with Crippen LogP contribution in [-0.2, 0) is 4.74 Å². The Morgan fingerprint density at radius 1 is 1.12 bits per heavy atom. The van der Waals surface area contributed by atoms with E-state index in [1.807, 2.05) is 34.6 Å². The zero-order valence-electron chi connectivity index (χ0n) is 19.6.